The van der Waals surface area contributed by atoms with E-state index in [0.717, 1.165) is 12.1 Å². The molecule has 0 aliphatic heterocycles. The normalized spacial score (nSPS) is 12.3. The summed E-state index contributed by atoms with van der Waals surface area (Å²) in [5, 5.41) is 10.2. The molecule has 124 valence electrons. The van der Waals surface area contributed by atoms with Crippen molar-refractivity contribution in [2.45, 2.75) is 25.6 Å². The van der Waals surface area contributed by atoms with Crippen LogP contribution in [0.2, 0.25) is 5.02 Å². The van der Waals surface area contributed by atoms with Gasteiger partial charge in [0.05, 0.1) is 16.2 Å². The summed E-state index contributed by atoms with van der Waals surface area (Å²) in [7, 11) is 0. The molecule has 0 aliphatic carbocycles. The van der Waals surface area contributed by atoms with Crippen molar-refractivity contribution >= 4 is 17.3 Å². The fourth-order valence-corrected chi connectivity index (χ4v) is 2.25. The first-order valence-corrected chi connectivity index (χ1v) is 7.03. The van der Waals surface area contributed by atoms with E-state index in [1.165, 1.54) is 38.1 Å². The molecule has 2 aromatic rings. The standard InChI is InChI=1S/C16H15ClF3NO2/c1-15(2,22)11-7-14(12(17)8-13(11)21)23-10-5-3-4-9(6-10)16(18,19)20/h3-8,22H,21H2,1-2H3. The molecule has 0 saturated heterocycles. The Morgan fingerprint density at radius 3 is 2.35 bits per heavy atom. The highest BCUT2D eigenvalue weighted by atomic mass is 35.5. The fraction of sp³-hybridized carbons (Fsp3) is 0.250. The number of aliphatic hydroxyl groups is 1. The van der Waals surface area contributed by atoms with Crippen LogP contribution in [-0.4, -0.2) is 5.11 Å². The lowest BCUT2D eigenvalue weighted by atomic mass is 9.96. The van der Waals surface area contributed by atoms with Crippen LogP contribution in [0.3, 0.4) is 0 Å². The van der Waals surface area contributed by atoms with E-state index in [2.05, 4.69) is 0 Å². The number of ether oxygens (including phenoxy) is 1. The van der Waals surface area contributed by atoms with E-state index < -0.39 is 17.3 Å². The van der Waals surface area contributed by atoms with Gasteiger partial charge in [-0.1, -0.05) is 17.7 Å². The summed E-state index contributed by atoms with van der Waals surface area (Å²) in [5.41, 5.74) is 4.35. The predicted octanol–water partition coefficient (Wildman–Crippen LogP) is 4.96. The zero-order valence-electron chi connectivity index (χ0n) is 12.4. The van der Waals surface area contributed by atoms with Gasteiger partial charge in [-0.15, -0.1) is 0 Å². The van der Waals surface area contributed by atoms with Crippen molar-refractivity contribution in [3.8, 4) is 11.5 Å². The van der Waals surface area contributed by atoms with E-state index in [9.17, 15) is 18.3 Å². The van der Waals surface area contributed by atoms with Gasteiger partial charge in [0, 0.05) is 11.3 Å². The molecule has 0 unspecified atom stereocenters. The molecule has 0 aromatic heterocycles. The van der Waals surface area contributed by atoms with Crippen LogP contribution in [0.25, 0.3) is 0 Å². The van der Waals surface area contributed by atoms with Crippen LogP contribution in [-0.2, 0) is 11.8 Å². The first-order chi connectivity index (χ1) is 10.5. The Bertz CT molecular complexity index is 724. The molecule has 0 aliphatic rings. The van der Waals surface area contributed by atoms with Crippen LogP contribution in [0.5, 0.6) is 11.5 Å². The Kier molecular flexibility index (Phi) is 4.50. The second kappa shape index (κ2) is 5.94. The summed E-state index contributed by atoms with van der Waals surface area (Å²) in [6, 6.07) is 7.23. The van der Waals surface area contributed by atoms with E-state index in [1.807, 2.05) is 0 Å². The van der Waals surface area contributed by atoms with Crippen molar-refractivity contribution in [1.29, 1.82) is 0 Å². The van der Waals surface area contributed by atoms with Crippen LogP contribution in [0.4, 0.5) is 18.9 Å². The molecule has 7 heteroatoms. The van der Waals surface area contributed by atoms with Gasteiger partial charge in [-0.25, -0.2) is 0 Å². The number of rotatable bonds is 3. The van der Waals surface area contributed by atoms with Crippen LogP contribution in [0, 0.1) is 0 Å². The average molecular weight is 346 g/mol. The van der Waals surface area contributed by atoms with Crippen molar-refractivity contribution in [3.63, 3.8) is 0 Å². The Balaban J connectivity index is 2.41. The lowest BCUT2D eigenvalue weighted by Gasteiger charge is -2.21. The molecule has 3 nitrogen and oxygen atoms in total. The third-order valence-electron chi connectivity index (χ3n) is 3.15. The van der Waals surface area contributed by atoms with Gasteiger partial charge in [0.1, 0.15) is 11.5 Å². The third-order valence-corrected chi connectivity index (χ3v) is 3.45. The summed E-state index contributed by atoms with van der Waals surface area (Å²) in [6.45, 7) is 3.06. The van der Waals surface area contributed by atoms with Crippen molar-refractivity contribution < 1.29 is 23.0 Å². The maximum absolute atomic E-state index is 12.7. The zero-order chi connectivity index (χ0) is 17.4. The number of nitrogen functional groups attached to an aromatic ring is 1. The molecule has 2 rings (SSSR count). The molecule has 2 aromatic carbocycles. The zero-order valence-corrected chi connectivity index (χ0v) is 13.2. The molecule has 0 heterocycles. The lowest BCUT2D eigenvalue weighted by Crippen LogP contribution is -2.17. The van der Waals surface area contributed by atoms with Gasteiger partial charge in [0.25, 0.3) is 0 Å². The minimum absolute atomic E-state index is 0.0202. The number of alkyl halides is 3. The van der Waals surface area contributed by atoms with Gasteiger partial charge in [-0.3, -0.25) is 0 Å². The molecule has 0 radical (unpaired) electrons. The van der Waals surface area contributed by atoms with Gasteiger partial charge in [0.2, 0.25) is 0 Å². The second-order valence-corrected chi connectivity index (χ2v) is 5.96. The number of anilines is 1. The minimum Gasteiger partial charge on any atom is -0.456 e. The van der Waals surface area contributed by atoms with Gasteiger partial charge in [-0.05, 0) is 44.2 Å². The molecule has 23 heavy (non-hydrogen) atoms. The van der Waals surface area contributed by atoms with Crippen molar-refractivity contribution in [1.82, 2.24) is 0 Å². The summed E-state index contributed by atoms with van der Waals surface area (Å²) in [6.07, 6.45) is -4.47. The van der Waals surface area contributed by atoms with Crippen LogP contribution in [0.15, 0.2) is 36.4 Å². The van der Waals surface area contributed by atoms with Crippen molar-refractivity contribution in [2.24, 2.45) is 0 Å². The molecular weight excluding hydrogens is 331 g/mol. The maximum Gasteiger partial charge on any atom is 0.416 e. The first kappa shape index (κ1) is 17.4. The topological polar surface area (TPSA) is 55.5 Å². The molecule has 0 atom stereocenters. The number of hydrogen-bond donors (Lipinski definition) is 2. The second-order valence-electron chi connectivity index (χ2n) is 5.56. The van der Waals surface area contributed by atoms with Gasteiger partial charge in [-0.2, -0.15) is 13.2 Å². The van der Waals surface area contributed by atoms with E-state index in [4.69, 9.17) is 22.1 Å². The number of hydrogen-bond acceptors (Lipinski definition) is 3. The largest absolute Gasteiger partial charge is 0.456 e. The number of nitrogens with two attached hydrogens (primary N) is 1. The van der Waals surface area contributed by atoms with Gasteiger partial charge in [0.15, 0.2) is 0 Å². The summed E-state index contributed by atoms with van der Waals surface area (Å²) >= 11 is 6.02. The van der Waals surface area contributed by atoms with Gasteiger partial charge < -0.3 is 15.6 Å². The third kappa shape index (κ3) is 4.09. The Hall–Kier alpha value is -1.92. The molecule has 0 spiro atoms. The summed E-state index contributed by atoms with van der Waals surface area (Å²) in [4.78, 5) is 0. The molecule has 0 fully saturated rings. The summed E-state index contributed by atoms with van der Waals surface area (Å²) < 4.78 is 43.6. The fourth-order valence-electron chi connectivity index (χ4n) is 2.04. The average Bonchev–Trinajstić information content (AvgIpc) is 2.40. The molecule has 3 N–H and O–H groups in total. The Morgan fingerprint density at radius 1 is 1.13 bits per heavy atom. The molecule has 0 saturated carbocycles. The first-order valence-electron chi connectivity index (χ1n) is 6.65. The van der Waals surface area contributed by atoms with E-state index in [1.54, 1.807) is 0 Å². The molecule has 0 bridgehead atoms. The lowest BCUT2D eigenvalue weighted by molar-refractivity contribution is -0.137. The Labute approximate surface area is 136 Å². The monoisotopic (exact) mass is 345 g/mol. The minimum atomic E-state index is -4.47. The molecule has 0 amide bonds. The van der Waals surface area contributed by atoms with Crippen LogP contribution >= 0.6 is 11.6 Å². The number of benzene rings is 2. The van der Waals surface area contributed by atoms with Crippen molar-refractivity contribution in [2.75, 3.05) is 5.73 Å². The van der Waals surface area contributed by atoms with Crippen molar-refractivity contribution in [3.05, 3.63) is 52.5 Å². The Morgan fingerprint density at radius 2 is 1.78 bits per heavy atom. The van der Waals surface area contributed by atoms with E-state index in [-0.39, 0.29) is 22.2 Å². The highest BCUT2D eigenvalue weighted by molar-refractivity contribution is 6.32. The van der Waals surface area contributed by atoms with E-state index in [0.29, 0.717) is 5.56 Å². The SMILES string of the molecule is CC(C)(O)c1cc(Oc2cccc(C(F)(F)F)c2)c(Cl)cc1N. The highest BCUT2D eigenvalue weighted by Gasteiger charge is 2.30. The van der Waals surface area contributed by atoms with Crippen LogP contribution in [0.1, 0.15) is 25.0 Å². The highest BCUT2D eigenvalue weighted by Crippen LogP contribution is 2.38. The van der Waals surface area contributed by atoms with Crippen LogP contribution < -0.4 is 10.5 Å². The van der Waals surface area contributed by atoms with E-state index >= 15 is 0 Å². The smallest absolute Gasteiger partial charge is 0.416 e. The number of halogens is 4. The predicted molar refractivity (Wildman–Crippen MR) is 82.6 cm³/mol. The quantitative estimate of drug-likeness (QED) is 0.773. The molecular formula is C16H15ClF3NO2. The maximum atomic E-state index is 12.7. The van der Waals surface area contributed by atoms with Gasteiger partial charge >= 0.3 is 6.18 Å². The summed E-state index contributed by atoms with van der Waals surface area (Å²) in [5.74, 6) is 0.0884.